The predicted octanol–water partition coefficient (Wildman–Crippen LogP) is -6.86. The zero-order chi connectivity index (χ0) is 29.9. The van der Waals surface area contributed by atoms with E-state index in [0.29, 0.717) is 6.08 Å². The lowest BCUT2D eigenvalue weighted by Crippen LogP contribution is -2.66. The van der Waals surface area contributed by atoms with Crippen LogP contribution in [0.1, 0.15) is 0 Å². The summed E-state index contributed by atoms with van der Waals surface area (Å²) >= 11 is 0. The fourth-order valence-electron chi connectivity index (χ4n) is 4.18. The van der Waals surface area contributed by atoms with E-state index >= 15 is 0 Å². The first-order valence-electron chi connectivity index (χ1n) is 11.9. The van der Waals surface area contributed by atoms with Crippen LogP contribution in [0.15, 0.2) is 11.8 Å². The number of hydrogen-bond donors (Lipinski definition) is 11. The van der Waals surface area contributed by atoms with E-state index in [4.69, 9.17) is 38.6 Å². The number of carboxylic acids is 2. The van der Waals surface area contributed by atoms with Crippen LogP contribution in [0.2, 0.25) is 0 Å². The molecular formula is C21H32O19. The molecule has 230 valence electrons. The number of rotatable bonds is 11. The van der Waals surface area contributed by atoms with Gasteiger partial charge in [-0.1, -0.05) is 0 Å². The van der Waals surface area contributed by atoms with Gasteiger partial charge < -0.3 is 84.6 Å². The Kier molecular flexibility index (Phi) is 11.1. The second-order valence-electron chi connectivity index (χ2n) is 9.06. The normalized spacial score (nSPS) is 42.9. The molecular weight excluding hydrogens is 556 g/mol. The van der Waals surface area contributed by atoms with Crippen LogP contribution in [0, 0.1) is 0 Å². The van der Waals surface area contributed by atoms with Gasteiger partial charge >= 0.3 is 11.9 Å². The molecule has 3 heterocycles. The van der Waals surface area contributed by atoms with Crippen molar-refractivity contribution in [2.24, 2.45) is 0 Å². The molecule has 3 aliphatic heterocycles. The number of carboxylic acid groups (broad SMARTS) is 2. The van der Waals surface area contributed by atoms with Crippen LogP contribution in [0.25, 0.3) is 0 Å². The summed E-state index contributed by atoms with van der Waals surface area (Å²) < 4.78 is 31.4. The zero-order valence-corrected chi connectivity index (χ0v) is 20.5. The van der Waals surface area contributed by atoms with E-state index in [1.807, 2.05) is 0 Å². The summed E-state index contributed by atoms with van der Waals surface area (Å²) in [6, 6.07) is 0. The summed E-state index contributed by atoms with van der Waals surface area (Å²) in [5.41, 5.74) is 0. The number of aliphatic hydroxyl groups is 9. The summed E-state index contributed by atoms with van der Waals surface area (Å²) in [7, 11) is 0. The Morgan fingerprint density at radius 2 is 1.25 bits per heavy atom. The smallest absolute Gasteiger partial charge is 0.371 e. The first-order valence-corrected chi connectivity index (χ1v) is 11.9. The fraction of sp³-hybridized carbons (Fsp3) is 0.810. The molecule has 4 unspecified atom stereocenters. The van der Waals surface area contributed by atoms with Crippen molar-refractivity contribution in [2.75, 3.05) is 19.8 Å². The molecule has 2 fully saturated rings. The van der Waals surface area contributed by atoms with E-state index in [9.17, 15) is 55.5 Å². The summed E-state index contributed by atoms with van der Waals surface area (Å²) in [5, 5.41) is 110. The van der Waals surface area contributed by atoms with Crippen molar-refractivity contribution in [3.8, 4) is 0 Å². The van der Waals surface area contributed by atoms with Crippen molar-refractivity contribution in [1.82, 2.24) is 0 Å². The van der Waals surface area contributed by atoms with Crippen molar-refractivity contribution < 1.29 is 94.2 Å². The highest BCUT2D eigenvalue weighted by molar-refractivity contribution is 5.84. The molecule has 2 saturated heterocycles. The van der Waals surface area contributed by atoms with Crippen LogP contribution in [-0.4, -0.2) is 174 Å². The van der Waals surface area contributed by atoms with Crippen molar-refractivity contribution in [3.63, 3.8) is 0 Å². The third kappa shape index (κ3) is 6.86. The van der Waals surface area contributed by atoms with Crippen molar-refractivity contribution in [1.29, 1.82) is 0 Å². The quantitative estimate of drug-likeness (QED) is 0.107. The third-order valence-electron chi connectivity index (χ3n) is 6.37. The minimum Gasteiger partial charge on any atom is -0.479 e. The van der Waals surface area contributed by atoms with Gasteiger partial charge in [-0.2, -0.15) is 0 Å². The lowest BCUT2D eigenvalue weighted by Gasteiger charge is -2.47. The van der Waals surface area contributed by atoms with Crippen LogP contribution < -0.4 is 0 Å². The van der Waals surface area contributed by atoms with Gasteiger partial charge in [0.2, 0.25) is 12.0 Å². The summed E-state index contributed by atoms with van der Waals surface area (Å²) in [5.74, 6) is -4.08. The summed E-state index contributed by atoms with van der Waals surface area (Å²) in [4.78, 5) is 22.5. The molecule has 0 aromatic rings. The van der Waals surface area contributed by atoms with Crippen LogP contribution >= 0.6 is 0 Å². The van der Waals surface area contributed by atoms with Gasteiger partial charge in [-0.05, 0) is 6.08 Å². The molecule has 0 amide bonds. The third-order valence-corrected chi connectivity index (χ3v) is 6.37. The topological polar surface area (TPSA) is 312 Å². The Hall–Kier alpha value is -2.08. The van der Waals surface area contributed by atoms with E-state index < -0.39 is 124 Å². The Labute approximate surface area is 224 Å². The van der Waals surface area contributed by atoms with Crippen LogP contribution in [0.4, 0.5) is 0 Å². The maximum atomic E-state index is 11.3. The molecule has 3 rings (SSSR count). The van der Waals surface area contributed by atoms with Gasteiger partial charge in [0.1, 0.15) is 61.0 Å². The lowest BCUT2D eigenvalue weighted by atomic mass is 9.96. The Morgan fingerprint density at radius 1 is 0.750 bits per heavy atom. The molecule has 19 nitrogen and oxygen atoms in total. The van der Waals surface area contributed by atoms with E-state index in [0.717, 1.165) is 0 Å². The van der Waals surface area contributed by atoms with Gasteiger partial charge in [0, 0.05) is 0 Å². The Bertz CT molecular complexity index is 899. The zero-order valence-electron chi connectivity index (χ0n) is 20.5. The van der Waals surface area contributed by atoms with Crippen molar-refractivity contribution in [2.45, 2.75) is 86.0 Å². The standard InChI is InChI=1S/C21H32O19/c22-2-7-11(27)15(13(29)20(36-7)38-9(4-24)18(33)34)40-21-14(30)16(12(28)8(3-23)37-21)39-19-10(26)5(25)1-6(35-19)17(31)32/h1,5,7-16,19-30H,2-4H2,(H,31,32)(H,33,34)/t5-,7?,8?,9?,10+,11-,12-,13+,14+,15-,16-,19-,20?,21-/m0/s1. The molecule has 0 aliphatic carbocycles. The Morgan fingerprint density at radius 3 is 1.73 bits per heavy atom. The molecule has 14 atom stereocenters. The number of hydrogen-bond acceptors (Lipinski definition) is 17. The molecule has 0 aromatic heterocycles. The van der Waals surface area contributed by atoms with Gasteiger partial charge in [0.15, 0.2) is 18.7 Å². The number of carbonyl (C=O) groups is 2. The molecule has 3 aliphatic rings. The van der Waals surface area contributed by atoms with Gasteiger partial charge in [0.25, 0.3) is 0 Å². The van der Waals surface area contributed by atoms with E-state index in [2.05, 4.69) is 0 Å². The summed E-state index contributed by atoms with van der Waals surface area (Å²) in [6.07, 6.45) is -25.3. The van der Waals surface area contributed by atoms with Crippen molar-refractivity contribution in [3.05, 3.63) is 11.8 Å². The maximum absolute atomic E-state index is 11.3. The first kappa shape index (κ1) is 32.4. The highest BCUT2D eigenvalue weighted by Gasteiger charge is 2.53. The van der Waals surface area contributed by atoms with Crippen LogP contribution in [0.5, 0.6) is 0 Å². The molecule has 0 aromatic carbocycles. The number of ether oxygens (including phenoxy) is 6. The minimum atomic E-state index is -2.07. The Balaban J connectivity index is 1.82. The molecule has 0 spiro atoms. The average molecular weight is 588 g/mol. The van der Waals surface area contributed by atoms with E-state index in [1.54, 1.807) is 0 Å². The van der Waals surface area contributed by atoms with Crippen LogP contribution in [0.3, 0.4) is 0 Å². The molecule has 11 N–H and O–H groups in total. The second kappa shape index (κ2) is 13.7. The molecule has 0 bridgehead atoms. The molecule has 0 saturated carbocycles. The monoisotopic (exact) mass is 588 g/mol. The highest BCUT2D eigenvalue weighted by Crippen LogP contribution is 2.32. The largest absolute Gasteiger partial charge is 0.479 e. The van der Waals surface area contributed by atoms with Gasteiger partial charge in [0.05, 0.1) is 19.8 Å². The predicted molar refractivity (Wildman–Crippen MR) is 117 cm³/mol. The SMILES string of the molecule is O=C(O)C1=C[C@H](O)[C@@H](O)[C@H](O[C@@H]2[C@@H](O)[C@H](O[C@H]3[C@@H](O)C(CO)OC(OC(CO)C(=O)O)[C@@H]3O)OC(CO)[C@@H]2O)O1. The second-order valence-corrected chi connectivity index (χ2v) is 9.06. The lowest BCUT2D eigenvalue weighted by molar-refractivity contribution is -0.373. The number of aliphatic hydroxyl groups excluding tert-OH is 9. The first-order chi connectivity index (χ1) is 18.8. The molecule has 0 radical (unpaired) electrons. The van der Waals surface area contributed by atoms with Gasteiger partial charge in [-0.3, -0.25) is 0 Å². The van der Waals surface area contributed by atoms with Gasteiger partial charge in [-0.15, -0.1) is 0 Å². The average Bonchev–Trinajstić information content (AvgIpc) is 2.91. The molecule has 40 heavy (non-hydrogen) atoms. The number of aliphatic carboxylic acids is 2. The highest BCUT2D eigenvalue weighted by atomic mass is 16.8. The van der Waals surface area contributed by atoms with Crippen molar-refractivity contribution >= 4 is 11.9 Å². The van der Waals surface area contributed by atoms with Gasteiger partial charge in [-0.25, -0.2) is 9.59 Å². The summed E-state index contributed by atoms with van der Waals surface area (Å²) in [6.45, 7) is -2.84. The van der Waals surface area contributed by atoms with E-state index in [1.165, 1.54) is 0 Å². The fourth-order valence-corrected chi connectivity index (χ4v) is 4.18. The molecule has 19 heteroatoms. The minimum absolute atomic E-state index is 0.682. The van der Waals surface area contributed by atoms with E-state index in [-0.39, 0.29) is 0 Å². The van der Waals surface area contributed by atoms with Crippen LogP contribution in [-0.2, 0) is 38.0 Å². The maximum Gasteiger partial charge on any atom is 0.371 e.